The molecule has 6 aromatic rings. The van der Waals surface area contributed by atoms with E-state index in [0.29, 0.717) is 0 Å². The van der Waals surface area contributed by atoms with Gasteiger partial charge in [-0.2, -0.15) is 0 Å². The molecule has 6 aromatic carbocycles. The van der Waals surface area contributed by atoms with Crippen molar-refractivity contribution < 1.29 is 5.11 Å². The molecule has 34 heavy (non-hydrogen) atoms. The Labute approximate surface area is 199 Å². The largest absolute Gasteiger partial charge is 0.508 e. The van der Waals surface area contributed by atoms with E-state index in [1.165, 1.54) is 37.9 Å². The highest BCUT2D eigenvalue weighted by molar-refractivity contribution is 6.25. The average Bonchev–Trinajstić information content (AvgIpc) is 2.88. The Morgan fingerprint density at radius 1 is 0.500 bits per heavy atom. The molecule has 2 nitrogen and oxygen atoms in total. The summed E-state index contributed by atoms with van der Waals surface area (Å²) in [7, 11) is 0. The molecule has 0 heterocycles. The fraction of sp³-hybridized carbons (Fsp3) is 0.0625. The van der Waals surface area contributed by atoms with Crippen molar-refractivity contribution in [2.45, 2.75) is 6.92 Å². The molecule has 2 heteroatoms. The Kier molecular flexibility index (Phi) is 4.92. The van der Waals surface area contributed by atoms with Gasteiger partial charge >= 0.3 is 0 Å². The molecular weight excluding hydrogens is 414 g/mol. The molecule has 0 aliphatic heterocycles. The molecule has 0 bridgehead atoms. The number of benzene rings is 6. The minimum absolute atomic E-state index is 0.267. The van der Waals surface area contributed by atoms with Crippen LogP contribution in [-0.4, -0.2) is 11.7 Å². The summed E-state index contributed by atoms with van der Waals surface area (Å²) < 4.78 is 0. The summed E-state index contributed by atoms with van der Waals surface area (Å²) in [5, 5.41) is 21.2. The number of phenolic OH excluding ortho intramolecular Hbond substituents is 1. The zero-order valence-electron chi connectivity index (χ0n) is 19.0. The Hall–Kier alpha value is -4.30. The smallest absolute Gasteiger partial charge is 0.118 e. The Morgan fingerprint density at radius 3 is 1.71 bits per heavy atom. The predicted molar refractivity (Wildman–Crippen MR) is 146 cm³/mol. The van der Waals surface area contributed by atoms with Crippen molar-refractivity contribution in [1.82, 2.24) is 0 Å². The van der Waals surface area contributed by atoms with Crippen molar-refractivity contribution >= 4 is 38.0 Å². The summed E-state index contributed by atoms with van der Waals surface area (Å²) in [5.41, 5.74) is 5.34. The van der Waals surface area contributed by atoms with Crippen LogP contribution in [0.3, 0.4) is 0 Å². The number of fused-ring (bicyclic) bond motifs is 6. The number of hydrogen-bond acceptors (Lipinski definition) is 2. The highest BCUT2D eigenvalue weighted by Gasteiger charge is 2.10. The summed E-state index contributed by atoms with van der Waals surface area (Å²) in [6.07, 6.45) is 0. The van der Waals surface area contributed by atoms with Crippen LogP contribution in [0.2, 0.25) is 0 Å². The first-order chi connectivity index (χ1) is 16.7. The van der Waals surface area contributed by atoms with E-state index >= 15 is 0 Å². The molecule has 0 radical (unpaired) electrons. The fourth-order valence-electron chi connectivity index (χ4n) is 5.05. The number of nitrogens with one attached hydrogen (secondary N) is 1. The van der Waals surface area contributed by atoms with Crippen LogP contribution in [0.15, 0.2) is 109 Å². The van der Waals surface area contributed by atoms with Crippen molar-refractivity contribution in [2.24, 2.45) is 0 Å². The Bertz CT molecular complexity index is 1650. The van der Waals surface area contributed by atoms with Crippen LogP contribution in [0.4, 0.5) is 5.69 Å². The zero-order valence-corrected chi connectivity index (χ0v) is 19.0. The second-order valence-electron chi connectivity index (χ2n) is 8.73. The van der Waals surface area contributed by atoms with Gasteiger partial charge in [0.15, 0.2) is 0 Å². The third kappa shape index (κ3) is 3.45. The standard InChI is InChI=1S/C32H25NO/c1-2-33-25-17-24(18-26(34)20-25)22-9-7-8-21(16-22)23-14-15-31-29-12-4-3-10-27(29)28-11-5-6-13-30(28)32(31)19-23/h3-20,33-34H,2H2,1H3. The van der Waals surface area contributed by atoms with E-state index in [0.717, 1.165) is 28.9 Å². The van der Waals surface area contributed by atoms with Crippen LogP contribution in [0.1, 0.15) is 6.92 Å². The highest BCUT2D eigenvalue weighted by Crippen LogP contribution is 2.38. The second kappa shape index (κ2) is 8.24. The maximum atomic E-state index is 10.2. The topological polar surface area (TPSA) is 32.3 Å². The summed E-state index contributed by atoms with van der Waals surface area (Å²) in [4.78, 5) is 0. The van der Waals surface area contributed by atoms with Gasteiger partial charge in [0, 0.05) is 18.3 Å². The van der Waals surface area contributed by atoms with Gasteiger partial charge in [-0.05, 0) is 85.8 Å². The third-order valence-corrected chi connectivity index (χ3v) is 6.57. The van der Waals surface area contributed by atoms with Gasteiger partial charge in [0.05, 0.1) is 0 Å². The lowest BCUT2D eigenvalue weighted by Crippen LogP contribution is -1.96. The quantitative estimate of drug-likeness (QED) is 0.269. The zero-order chi connectivity index (χ0) is 23.1. The first kappa shape index (κ1) is 20.3. The van der Waals surface area contributed by atoms with Gasteiger partial charge in [0.1, 0.15) is 5.75 Å². The van der Waals surface area contributed by atoms with Gasteiger partial charge in [-0.15, -0.1) is 0 Å². The van der Waals surface area contributed by atoms with Crippen LogP contribution in [0.5, 0.6) is 5.75 Å². The van der Waals surface area contributed by atoms with Crippen LogP contribution in [0.25, 0.3) is 54.6 Å². The lowest BCUT2D eigenvalue weighted by molar-refractivity contribution is 0.476. The molecule has 0 unspecified atom stereocenters. The molecule has 0 aliphatic carbocycles. The monoisotopic (exact) mass is 439 g/mol. The van der Waals surface area contributed by atoms with Crippen molar-refractivity contribution in [3.63, 3.8) is 0 Å². The summed E-state index contributed by atoms with van der Waals surface area (Å²) >= 11 is 0. The molecular formula is C32H25NO. The number of anilines is 1. The summed E-state index contributed by atoms with van der Waals surface area (Å²) in [6, 6.07) is 38.3. The van der Waals surface area contributed by atoms with Gasteiger partial charge in [-0.3, -0.25) is 0 Å². The molecule has 0 fully saturated rings. The summed E-state index contributed by atoms with van der Waals surface area (Å²) in [6.45, 7) is 2.86. The number of aromatic hydroxyl groups is 1. The minimum Gasteiger partial charge on any atom is -0.508 e. The average molecular weight is 440 g/mol. The van der Waals surface area contributed by atoms with Gasteiger partial charge < -0.3 is 10.4 Å². The molecule has 0 amide bonds. The van der Waals surface area contributed by atoms with Crippen molar-refractivity contribution in [1.29, 1.82) is 0 Å². The predicted octanol–water partition coefficient (Wildman–Crippen LogP) is 8.62. The van der Waals surface area contributed by atoms with Crippen LogP contribution in [-0.2, 0) is 0 Å². The van der Waals surface area contributed by atoms with Gasteiger partial charge in [0.25, 0.3) is 0 Å². The first-order valence-electron chi connectivity index (χ1n) is 11.7. The van der Waals surface area contributed by atoms with E-state index in [4.69, 9.17) is 0 Å². The van der Waals surface area contributed by atoms with Gasteiger partial charge in [0.2, 0.25) is 0 Å². The second-order valence-corrected chi connectivity index (χ2v) is 8.73. The highest BCUT2D eigenvalue weighted by atomic mass is 16.3. The fourth-order valence-corrected chi connectivity index (χ4v) is 5.05. The van der Waals surface area contributed by atoms with Crippen molar-refractivity contribution in [3.05, 3.63) is 109 Å². The van der Waals surface area contributed by atoms with Gasteiger partial charge in [-0.1, -0.05) is 78.9 Å². The van der Waals surface area contributed by atoms with E-state index in [1.54, 1.807) is 6.07 Å². The maximum Gasteiger partial charge on any atom is 0.118 e. The molecule has 0 saturated carbocycles. The third-order valence-electron chi connectivity index (χ3n) is 6.57. The lowest BCUT2D eigenvalue weighted by Gasteiger charge is -2.13. The molecule has 0 spiro atoms. The molecule has 6 rings (SSSR count). The first-order valence-corrected chi connectivity index (χ1v) is 11.7. The minimum atomic E-state index is 0.267. The molecule has 0 aromatic heterocycles. The van der Waals surface area contributed by atoms with Crippen molar-refractivity contribution in [2.75, 3.05) is 11.9 Å². The normalized spacial score (nSPS) is 11.3. The summed E-state index contributed by atoms with van der Waals surface area (Å²) in [5.74, 6) is 0.267. The van der Waals surface area contributed by atoms with E-state index in [2.05, 4.69) is 109 Å². The van der Waals surface area contributed by atoms with Gasteiger partial charge in [-0.25, -0.2) is 0 Å². The molecule has 0 atom stereocenters. The molecule has 2 N–H and O–H groups in total. The number of phenols is 1. The number of rotatable bonds is 4. The van der Waals surface area contributed by atoms with Crippen molar-refractivity contribution in [3.8, 4) is 28.0 Å². The van der Waals surface area contributed by atoms with Crippen LogP contribution >= 0.6 is 0 Å². The Balaban J connectivity index is 1.53. The number of hydrogen-bond donors (Lipinski definition) is 2. The Morgan fingerprint density at radius 2 is 1.06 bits per heavy atom. The molecule has 0 aliphatic rings. The molecule has 164 valence electrons. The van der Waals surface area contributed by atoms with E-state index in [9.17, 15) is 5.11 Å². The molecule has 0 saturated heterocycles. The van der Waals surface area contributed by atoms with E-state index < -0.39 is 0 Å². The van der Waals surface area contributed by atoms with Crippen LogP contribution < -0.4 is 5.32 Å². The maximum absolute atomic E-state index is 10.2. The van der Waals surface area contributed by atoms with E-state index in [-0.39, 0.29) is 5.75 Å². The SMILES string of the molecule is CCNc1cc(O)cc(-c2cccc(-c3ccc4c5ccccc5c5ccccc5c4c3)c2)c1. The van der Waals surface area contributed by atoms with E-state index in [1.807, 2.05) is 6.07 Å². The lowest BCUT2D eigenvalue weighted by atomic mass is 9.91. The van der Waals surface area contributed by atoms with Crippen LogP contribution in [0, 0.1) is 0 Å².